The van der Waals surface area contributed by atoms with Crippen molar-refractivity contribution >= 4 is 29.9 Å². The summed E-state index contributed by atoms with van der Waals surface area (Å²) in [6.07, 6.45) is 8.91. The Bertz CT molecular complexity index is 569. The monoisotopic (exact) mass is 476 g/mol. The highest BCUT2D eigenvalue weighted by Crippen LogP contribution is 2.22. The van der Waals surface area contributed by atoms with Crippen LogP contribution in [0.25, 0.3) is 0 Å². The number of hydrogen-bond acceptors (Lipinski definition) is 2. The lowest BCUT2D eigenvalue weighted by Crippen LogP contribution is -2.42. The summed E-state index contributed by atoms with van der Waals surface area (Å²) in [5.41, 5.74) is 0.347. The fraction of sp³-hybridized carbons (Fsp3) is 0.700. The van der Waals surface area contributed by atoms with E-state index in [2.05, 4.69) is 36.4 Å². The number of rotatable bonds is 11. The Hall–Kier alpha value is -1.05. The van der Waals surface area contributed by atoms with Gasteiger partial charge in [-0.1, -0.05) is 46.1 Å². The van der Waals surface area contributed by atoms with Gasteiger partial charge in [0.15, 0.2) is 5.96 Å². The van der Waals surface area contributed by atoms with Gasteiger partial charge in [-0.25, -0.2) is 0 Å². The topological polar surface area (TPSA) is 58.4 Å². The Morgan fingerprint density at radius 1 is 1.15 bits per heavy atom. The highest BCUT2D eigenvalue weighted by Gasteiger charge is 2.17. The third-order valence-electron chi connectivity index (χ3n) is 4.43. The molecule has 0 unspecified atom stereocenters. The van der Waals surface area contributed by atoms with Crippen molar-refractivity contribution in [2.45, 2.75) is 65.8 Å². The van der Waals surface area contributed by atoms with Crippen LogP contribution in [-0.2, 0) is 6.54 Å². The second kappa shape index (κ2) is 14.1. The standard InChI is InChI=1S/C20H36N4O.HI/c1-5-6-8-13-20(2,3)17-23-19(21-4)22-14-9-11-16-24-15-10-7-12-18(24)25;/h7,10,12,15H,5-6,8-9,11,13-14,16-17H2,1-4H3,(H2,21,22,23);1H. The summed E-state index contributed by atoms with van der Waals surface area (Å²) in [6, 6.07) is 5.28. The second-order valence-corrected chi connectivity index (χ2v) is 7.41. The number of aryl methyl sites for hydroxylation is 1. The number of nitrogens with zero attached hydrogens (tertiary/aromatic N) is 2. The molecule has 0 aliphatic heterocycles. The molecule has 0 aliphatic rings. The minimum absolute atomic E-state index is 0. The van der Waals surface area contributed by atoms with Gasteiger partial charge in [0.2, 0.25) is 5.56 Å². The molecule has 0 spiro atoms. The van der Waals surface area contributed by atoms with Crippen molar-refractivity contribution in [2.75, 3.05) is 20.1 Å². The largest absolute Gasteiger partial charge is 0.356 e. The zero-order valence-electron chi connectivity index (χ0n) is 16.9. The number of nitrogens with one attached hydrogen (secondary N) is 2. The molecule has 0 saturated carbocycles. The average Bonchev–Trinajstić information content (AvgIpc) is 2.59. The van der Waals surface area contributed by atoms with E-state index in [0.29, 0.717) is 0 Å². The molecule has 1 heterocycles. The van der Waals surface area contributed by atoms with Gasteiger partial charge >= 0.3 is 0 Å². The Labute approximate surface area is 176 Å². The van der Waals surface area contributed by atoms with Gasteiger partial charge in [-0.2, -0.15) is 0 Å². The molecule has 0 atom stereocenters. The van der Waals surface area contributed by atoms with Crippen LogP contribution >= 0.6 is 24.0 Å². The van der Waals surface area contributed by atoms with E-state index >= 15 is 0 Å². The van der Waals surface area contributed by atoms with Crippen LogP contribution in [0.5, 0.6) is 0 Å². The predicted octanol–water partition coefficient (Wildman–Crippen LogP) is 4.02. The van der Waals surface area contributed by atoms with Gasteiger partial charge in [0.25, 0.3) is 0 Å². The number of halogens is 1. The summed E-state index contributed by atoms with van der Waals surface area (Å²) in [4.78, 5) is 15.9. The van der Waals surface area contributed by atoms with Crippen LogP contribution in [0.15, 0.2) is 34.2 Å². The molecular weight excluding hydrogens is 439 g/mol. The van der Waals surface area contributed by atoms with Crippen molar-refractivity contribution in [3.05, 3.63) is 34.7 Å². The van der Waals surface area contributed by atoms with Crippen molar-refractivity contribution in [2.24, 2.45) is 10.4 Å². The lowest BCUT2D eigenvalue weighted by Gasteiger charge is -2.26. The van der Waals surface area contributed by atoms with Crippen molar-refractivity contribution in [3.8, 4) is 0 Å². The van der Waals surface area contributed by atoms with Gasteiger partial charge in [-0.3, -0.25) is 9.79 Å². The quantitative estimate of drug-likeness (QED) is 0.220. The van der Waals surface area contributed by atoms with Crippen LogP contribution in [-0.4, -0.2) is 30.7 Å². The molecule has 0 fully saturated rings. The fourth-order valence-electron chi connectivity index (χ4n) is 2.74. The lowest BCUT2D eigenvalue weighted by molar-refractivity contribution is 0.318. The molecule has 6 heteroatoms. The molecule has 1 rings (SSSR count). The van der Waals surface area contributed by atoms with Crippen LogP contribution in [0.3, 0.4) is 0 Å². The lowest BCUT2D eigenvalue weighted by atomic mass is 9.87. The summed E-state index contributed by atoms with van der Waals surface area (Å²) in [5.74, 6) is 0.862. The number of unbranched alkanes of at least 4 members (excludes halogenated alkanes) is 3. The minimum Gasteiger partial charge on any atom is -0.356 e. The van der Waals surface area contributed by atoms with Crippen LogP contribution < -0.4 is 16.2 Å². The summed E-state index contributed by atoms with van der Waals surface area (Å²) in [7, 11) is 1.81. The van der Waals surface area contributed by atoms with Gasteiger partial charge in [0.1, 0.15) is 0 Å². The number of pyridine rings is 1. The first kappa shape index (κ1) is 24.9. The zero-order chi connectivity index (χ0) is 18.5. The molecule has 1 aromatic heterocycles. The first-order valence-electron chi connectivity index (χ1n) is 9.58. The van der Waals surface area contributed by atoms with Gasteiger partial charge in [0, 0.05) is 38.9 Å². The summed E-state index contributed by atoms with van der Waals surface area (Å²) < 4.78 is 1.76. The van der Waals surface area contributed by atoms with Crippen molar-refractivity contribution in [1.82, 2.24) is 15.2 Å². The van der Waals surface area contributed by atoms with E-state index in [1.165, 1.54) is 25.7 Å². The van der Waals surface area contributed by atoms with Gasteiger partial charge in [0.05, 0.1) is 0 Å². The SMILES string of the molecule is CCCCCC(C)(C)CNC(=NC)NCCCCn1ccccc1=O.I. The van der Waals surface area contributed by atoms with E-state index in [4.69, 9.17) is 0 Å². The summed E-state index contributed by atoms with van der Waals surface area (Å²) >= 11 is 0. The molecule has 0 radical (unpaired) electrons. The molecule has 2 N–H and O–H groups in total. The van der Waals surface area contributed by atoms with Crippen molar-refractivity contribution in [3.63, 3.8) is 0 Å². The molecule has 0 bridgehead atoms. The highest BCUT2D eigenvalue weighted by atomic mass is 127. The van der Waals surface area contributed by atoms with E-state index in [0.717, 1.165) is 38.4 Å². The van der Waals surface area contributed by atoms with Gasteiger partial charge in [-0.15, -0.1) is 24.0 Å². The number of aliphatic imine (C=N–C) groups is 1. The number of hydrogen-bond donors (Lipinski definition) is 2. The van der Waals surface area contributed by atoms with E-state index in [1.807, 2.05) is 19.3 Å². The maximum Gasteiger partial charge on any atom is 0.250 e. The van der Waals surface area contributed by atoms with Crippen molar-refractivity contribution in [1.29, 1.82) is 0 Å². The first-order valence-corrected chi connectivity index (χ1v) is 9.58. The van der Waals surface area contributed by atoms with Crippen LogP contribution in [0.4, 0.5) is 0 Å². The number of aromatic nitrogens is 1. The second-order valence-electron chi connectivity index (χ2n) is 7.41. The first-order chi connectivity index (χ1) is 12.0. The van der Waals surface area contributed by atoms with E-state index < -0.39 is 0 Å². The van der Waals surface area contributed by atoms with Gasteiger partial charge in [-0.05, 0) is 30.7 Å². The Morgan fingerprint density at radius 3 is 2.58 bits per heavy atom. The van der Waals surface area contributed by atoms with E-state index in [-0.39, 0.29) is 35.0 Å². The summed E-state index contributed by atoms with van der Waals surface area (Å²) in [5, 5.41) is 6.80. The Balaban J connectivity index is 0.00000625. The summed E-state index contributed by atoms with van der Waals surface area (Å²) in [6.45, 7) is 9.40. The molecule has 1 aromatic rings. The van der Waals surface area contributed by atoms with Gasteiger partial charge < -0.3 is 15.2 Å². The average molecular weight is 476 g/mol. The highest BCUT2D eigenvalue weighted by molar-refractivity contribution is 14.0. The van der Waals surface area contributed by atoms with E-state index in [1.54, 1.807) is 16.7 Å². The Kier molecular flexibility index (Phi) is 13.5. The third kappa shape index (κ3) is 10.8. The predicted molar refractivity (Wildman–Crippen MR) is 123 cm³/mol. The normalized spacial score (nSPS) is 11.8. The van der Waals surface area contributed by atoms with Crippen molar-refractivity contribution < 1.29 is 0 Å². The molecule has 0 aromatic carbocycles. The molecule has 0 amide bonds. The maximum atomic E-state index is 11.6. The molecule has 26 heavy (non-hydrogen) atoms. The Morgan fingerprint density at radius 2 is 1.92 bits per heavy atom. The minimum atomic E-state index is 0. The molecule has 5 nitrogen and oxygen atoms in total. The molecule has 0 saturated heterocycles. The number of guanidine groups is 1. The molecule has 150 valence electrons. The zero-order valence-corrected chi connectivity index (χ0v) is 19.2. The maximum absolute atomic E-state index is 11.6. The van der Waals surface area contributed by atoms with Crippen LogP contribution in [0, 0.1) is 5.41 Å². The smallest absolute Gasteiger partial charge is 0.250 e. The van der Waals surface area contributed by atoms with Crippen LogP contribution in [0.1, 0.15) is 59.3 Å². The van der Waals surface area contributed by atoms with E-state index in [9.17, 15) is 4.79 Å². The molecule has 0 aliphatic carbocycles. The third-order valence-corrected chi connectivity index (χ3v) is 4.43. The molecular formula is C20H37IN4O. The van der Waals surface area contributed by atoms with Crippen LogP contribution in [0.2, 0.25) is 0 Å². The fourth-order valence-corrected chi connectivity index (χ4v) is 2.74.